The quantitative estimate of drug-likeness (QED) is 0.458. The van der Waals surface area contributed by atoms with Crippen LogP contribution in [0.1, 0.15) is 18.0 Å². The van der Waals surface area contributed by atoms with Gasteiger partial charge in [-0.3, -0.25) is 4.98 Å². The van der Waals surface area contributed by atoms with Gasteiger partial charge in [0.05, 0.1) is 5.56 Å². The third kappa shape index (κ3) is 3.36. The number of alkyl halides is 4. The molecule has 0 unspecified atom stereocenters. The normalized spacial score (nSPS) is 11.9. The molecule has 6 nitrogen and oxygen atoms in total. The van der Waals surface area contributed by atoms with E-state index in [0.29, 0.717) is 5.39 Å². The van der Waals surface area contributed by atoms with Crippen LogP contribution >= 0.6 is 0 Å². The lowest BCUT2D eigenvalue weighted by atomic mass is 10.2. The highest BCUT2D eigenvalue weighted by molar-refractivity contribution is 5.84. The van der Waals surface area contributed by atoms with Gasteiger partial charge in [-0.1, -0.05) is 18.2 Å². The second-order valence-corrected chi connectivity index (χ2v) is 5.63. The van der Waals surface area contributed by atoms with E-state index in [1.807, 2.05) is 0 Å². The number of hydrogen-bond acceptors (Lipinski definition) is 6. The van der Waals surface area contributed by atoms with Gasteiger partial charge in [-0.15, -0.1) is 10.2 Å². The standard InChI is InChI=1S/C18H10F4N4O2/c19-15(20)17-26-25-16(27-17)11-6-7-13(24-9-11)18(21,22)28-12-5-1-3-10-4-2-8-23-14(10)12/h1-9,15H. The summed E-state index contributed by atoms with van der Waals surface area (Å²) in [5.41, 5.74) is -0.282. The Bertz CT molecular complexity index is 1110. The summed E-state index contributed by atoms with van der Waals surface area (Å²) >= 11 is 0. The molecule has 10 heteroatoms. The number of rotatable bonds is 5. The van der Waals surface area contributed by atoms with Crippen LogP contribution < -0.4 is 4.74 Å². The first-order valence-corrected chi connectivity index (χ1v) is 7.93. The predicted octanol–water partition coefficient (Wildman–Crippen LogP) is 4.75. The summed E-state index contributed by atoms with van der Waals surface area (Å²) < 4.78 is 63.7. The fourth-order valence-corrected chi connectivity index (χ4v) is 2.48. The third-order valence-electron chi connectivity index (χ3n) is 3.77. The Morgan fingerprint density at radius 3 is 2.50 bits per heavy atom. The minimum absolute atomic E-state index is 0.104. The SMILES string of the molecule is FC(F)c1nnc(-c2ccc(C(F)(F)Oc3cccc4cccnc34)nc2)o1. The summed E-state index contributed by atoms with van der Waals surface area (Å²) in [6, 6.07) is 10.3. The van der Waals surface area contributed by atoms with Gasteiger partial charge in [0.25, 0.3) is 5.89 Å². The number of nitrogens with zero attached hydrogens (tertiary/aromatic N) is 4. The number of ether oxygens (including phenoxy) is 1. The zero-order valence-electron chi connectivity index (χ0n) is 13.9. The van der Waals surface area contributed by atoms with Gasteiger partial charge < -0.3 is 9.15 Å². The molecule has 0 aliphatic rings. The number of aromatic nitrogens is 4. The summed E-state index contributed by atoms with van der Waals surface area (Å²) in [6.45, 7) is 0. The van der Waals surface area contributed by atoms with E-state index >= 15 is 0 Å². The van der Waals surface area contributed by atoms with Gasteiger partial charge in [0.2, 0.25) is 5.89 Å². The van der Waals surface area contributed by atoms with E-state index in [2.05, 4.69) is 20.2 Å². The number of hydrogen-bond donors (Lipinski definition) is 0. The van der Waals surface area contributed by atoms with Crippen molar-refractivity contribution in [2.45, 2.75) is 12.5 Å². The van der Waals surface area contributed by atoms with E-state index in [-0.39, 0.29) is 22.7 Å². The van der Waals surface area contributed by atoms with Gasteiger partial charge in [0.1, 0.15) is 5.52 Å². The van der Waals surface area contributed by atoms with Crippen LogP contribution in [0.2, 0.25) is 0 Å². The Morgan fingerprint density at radius 2 is 1.79 bits per heavy atom. The maximum atomic E-state index is 14.6. The molecule has 0 aliphatic heterocycles. The monoisotopic (exact) mass is 390 g/mol. The van der Waals surface area contributed by atoms with E-state index in [0.717, 1.165) is 12.3 Å². The third-order valence-corrected chi connectivity index (χ3v) is 3.77. The smallest absolute Gasteiger partial charge is 0.425 e. The zero-order chi connectivity index (χ0) is 19.7. The summed E-state index contributed by atoms with van der Waals surface area (Å²) in [5.74, 6) is -1.22. The molecule has 142 valence electrons. The zero-order valence-corrected chi connectivity index (χ0v) is 13.9. The highest BCUT2D eigenvalue weighted by Crippen LogP contribution is 2.34. The van der Waals surface area contributed by atoms with Gasteiger partial charge in [-0.25, -0.2) is 4.98 Å². The van der Waals surface area contributed by atoms with Crippen LogP contribution in [0.15, 0.2) is 59.3 Å². The molecule has 0 saturated carbocycles. The lowest BCUT2D eigenvalue weighted by molar-refractivity contribution is -0.187. The fraction of sp³-hybridized carbons (Fsp3) is 0.111. The lowest BCUT2D eigenvalue weighted by Crippen LogP contribution is -2.23. The number of para-hydroxylation sites is 1. The van der Waals surface area contributed by atoms with Crippen molar-refractivity contribution in [2.24, 2.45) is 0 Å². The minimum atomic E-state index is -3.76. The van der Waals surface area contributed by atoms with Crippen molar-refractivity contribution < 1.29 is 26.7 Å². The second kappa shape index (κ2) is 6.87. The lowest BCUT2D eigenvalue weighted by Gasteiger charge is -2.18. The molecule has 28 heavy (non-hydrogen) atoms. The Hall–Kier alpha value is -3.56. The Balaban J connectivity index is 1.60. The molecule has 0 spiro atoms. The Labute approximate surface area is 154 Å². The number of fused-ring (bicyclic) bond motifs is 1. The van der Waals surface area contributed by atoms with Crippen molar-refractivity contribution in [1.82, 2.24) is 20.2 Å². The van der Waals surface area contributed by atoms with Gasteiger partial charge in [0, 0.05) is 17.8 Å². The maximum absolute atomic E-state index is 14.6. The topological polar surface area (TPSA) is 73.9 Å². The van der Waals surface area contributed by atoms with Crippen molar-refractivity contribution in [2.75, 3.05) is 0 Å². The summed E-state index contributed by atoms with van der Waals surface area (Å²) in [6.07, 6.45) is -4.21. The molecular formula is C18H10F4N4O2. The Morgan fingerprint density at radius 1 is 0.964 bits per heavy atom. The Kier molecular flexibility index (Phi) is 4.38. The van der Waals surface area contributed by atoms with E-state index in [1.54, 1.807) is 24.3 Å². The van der Waals surface area contributed by atoms with Crippen LogP contribution in [-0.4, -0.2) is 20.2 Å². The van der Waals surface area contributed by atoms with Crippen LogP contribution in [0.25, 0.3) is 22.4 Å². The first-order valence-electron chi connectivity index (χ1n) is 7.93. The molecule has 0 fully saturated rings. The number of pyridine rings is 2. The average molecular weight is 390 g/mol. The van der Waals surface area contributed by atoms with Crippen molar-refractivity contribution in [3.63, 3.8) is 0 Å². The van der Waals surface area contributed by atoms with Crippen LogP contribution in [0.3, 0.4) is 0 Å². The summed E-state index contributed by atoms with van der Waals surface area (Å²) in [4.78, 5) is 7.71. The minimum Gasteiger partial charge on any atom is -0.425 e. The molecular weight excluding hydrogens is 380 g/mol. The molecule has 0 amide bonds. The van der Waals surface area contributed by atoms with Crippen molar-refractivity contribution in [3.05, 3.63) is 66.4 Å². The molecule has 4 rings (SSSR count). The highest BCUT2D eigenvalue weighted by Gasteiger charge is 2.37. The molecule has 3 heterocycles. The van der Waals surface area contributed by atoms with Gasteiger partial charge in [-0.05, 0) is 24.3 Å². The van der Waals surface area contributed by atoms with Gasteiger partial charge in [-0.2, -0.15) is 17.6 Å². The number of benzene rings is 1. The maximum Gasteiger partial charge on any atom is 0.444 e. The van der Waals surface area contributed by atoms with E-state index in [9.17, 15) is 17.6 Å². The van der Waals surface area contributed by atoms with Crippen molar-refractivity contribution >= 4 is 10.9 Å². The summed E-state index contributed by atoms with van der Waals surface area (Å²) in [5, 5.41) is 7.26. The summed E-state index contributed by atoms with van der Waals surface area (Å²) in [7, 11) is 0. The molecule has 0 bridgehead atoms. The molecule has 0 radical (unpaired) electrons. The van der Waals surface area contributed by atoms with Gasteiger partial charge in [0.15, 0.2) is 11.4 Å². The molecule has 0 aliphatic carbocycles. The first kappa shape index (κ1) is 17.8. The van der Waals surface area contributed by atoms with E-state index in [1.165, 1.54) is 18.3 Å². The van der Waals surface area contributed by atoms with Crippen LogP contribution in [0.4, 0.5) is 17.6 Å². The molecule has 0 atom stereocenters. The van der Waals surface area contributed by atoms with Crippen molar-refractivity contribution in [3.8, 4) is 17.2 Å². The molecule has 1 aromatic carbocycles. The predicted molar refractivity (Wildman–Crippen MR) is 88.8 cm³/mol. The fourth-order valence-electron chi connectivity index (χ4n) is 2.48. The largest absolute Gasteiger partial charge is 0.444 e. The second-order valence-electron chi connectivity index (χ2n) is 5.63. The van der Waals surface area contributed by atoms with Crippen LogP contribution in [0, 0.1) is 0 Å². The molecule has 4 aromatic rings. The highest BCUT2D eigenvalue weighted by atomic mass is 19.3. The molecule has 0 saturated heterocycles. The van der Waals surface area contributed by atoms with Crippen LogP contribution in [0.5, 0.6) is 5.75 Å². The van der Waals surface area contributed by atoms with Gasteiger partial charge >= 0.3 is 12.5 Å². The van der Waals surface area contributed by atoms with Crippen LogP contribution in [-0.2, 0) is 6.11 Å². The first-order chi connectivity index (χ1) is 13.4. The van der Waals surface area contributed by atoms with E-state index < -0.39 is 24.1 Å². The number of halogens is 4. The molecule has 0 N–H and O–H groups in total. The molecule has 3 aromatic heterocycles. The average Bonchev–Trinajstić information content (AvgIpc) is 3.19. The van der Waals surface area contributed by atoms with Crippen molar-refractivity contribution in [1.29, 1.82) is 0 Å². The van der Waals surface area contributed by atoms with E-state index in [4.69, 9.17) is 9.15 Å².